The zero-order valence-corrected chi connectivity index (χ0v) is 19.8. The number of aliphatic hydroxyl groups is 6. The summed E-state index contributed by atoms with van der Waals surface area (Å²) in [6, 6.07) is 17.3. The van der Waals surface area contributed by atoms with Gasteiger partial charge in [0.05, 0.1) is 31.8 Å². The van der Waals surface area contributed by atoms with E-state index in [9.17, 15) is 10.2 Å². The molecule has 0 saturated carbocycles. The Labute approximate surface area is 194 Å². The van der Waals surface area contributed by atoms with Crippen molar-refractivity contribution in [1.82, 2.24) is 0 Å². The van der Waals surface area contributed by atoms with Crippen molar-refractivity contribution >= 4 is 17.2 Å². The van der Waals surface area contributed by atoms with Crippen LogP contribution in [-0.4, -0.2) is 71.7 Å². The number of rotatable bonds is 10. The van der Waals surface area contributed by atoms with Crippen LogP contribution in [0.15, 0.2) is 60.7 Å². The van der Waals surface area contributed by atoms with Crippen LogP contribution in [0.3, 0.4) is 0 Å². The molecule has 2 rings (SSSR count). The van der Waals surface area contributed by atoms with Crippen molar-refractivity contribution in [3.8, 4) is 5.75 Å². The van der Waals surface area contributed by atoms with Crippen LogP contribution >= 0.6 is 17.2 Å². The van der Waals surface area contributed by atoms with Gasteiger partial charge in [-0.1, -0.05) is 55.5 Å². The van der Waals surface area contributed by atoms with Crippen LogP contribution in [0.1, 0.15) is 18.9 Å². The maximum Gasteiger partial charge on any atom is 0.401 e. The van der Waals surface area contributed by atoms with E-state index >= 15 is 0 Å². The summed E-state index contributed by atoms with van der Waals surface area (Å²) in [5, 5.41) is 52.7. The largest absolute Gasteiger partial charge is 0.427 e. The van der Waals surface area contributed by atoms with Gasteiger partial charge in [-0.2, -0.15) is 0 Å². The van der Waals surface area contributed by atoms with Gasteiger partial charge in [-0.15, -0.1) is 0 Å². The molecule has 0 aliphatic carbocycles. The van der Waals surface area contributed by atoms with E-state index < -0.39 is 54.8 Å². The van der Waals surface area contributed by atoms with Crippen molar-refractivity contribution in [3.63, 3.8) is 0 Å². The fraction of sp³-hybridized carbons (Fsp3) is 0.400. The summed E-state index contributed by atoms with van der Waals surface area (Å²) in [6.07, 6.45) is 0.303. The highest BCUT2D eigenvalue weighted by Crippen LogP contribution is 2.46. The van der Waals surface area contributed by atoms with E-state index in [4.69, 9.17) is 39.6 Å². The van der Waals surface area contributed by atoms with Crippen LogP contribution in [0.5, 0.6) is 5.75 Å². The van der Waals surface area contributed by atoms with Gasteiger partial charge in [-0.3, -0.25) is 0 Å². The van der Waals surface area contributed by atoms with Crippen molar-refractivity contribution in [2.24, 2.45) is 5.41 Å². The molecule has 1 atom stereocenters. The lowest BCUT2D eigenvalue weighted by Gasteiger charge is -2.23. The molecule has 0 fully saturated rings. The molecular weight excluding hydrogens is 478 g/mol. The smallest absolute Gasteiger partial charge is 0.401 e. The van der Waals surface area contributed by atoms with Gasteiger partial charge >= 0.3 is 17.2 Å². The average Bonchev–Trinajstić information content (AvgIpc) is 2.82. The second kappa shape index (κ2) is 17.2. The molecule has 0 aliphatic rings. The molecule has 0 heterocycles. The standard InChI is InChI=1S/C9H12O2.C6H8O5P2.C5H12O4/c1-2-9(10,11)8-6-4-3-5-7-8;7-12(8)11-13(9)10-6-4-2-1-3-5-6;6-1-5(2-7,3-8)4-9/h3-7,10-11H,2H2,1H3;1-5,7-9H;6-9H,1-4H2. The second-order valence-electron chi connectivity index (χ2n) is 6.65. The Hall–Kier alpha value is -1.30. The van der Waals surface area contributed by atoms with Gasteiger partial charge in [0.2, 0.25) is 0 Å². The predicted octanol–water partition coefficient (Wildman–Crippen LogP) is 0.689. The number of hydrogen-bond donors (Lipinski definition) is 9. The zero-order chi connectivity index (χ0) is 25.3. The Kier molecular flexibility index (Phi) is 16.5. The summed E-state index contributed by atoms with van der Waals surface area (Å²) in [7, 11) is -4.85. The second-order valence-corrected chi connectivity index (χ2v) is 8.46. The topological polar surface area (TPSA) is 201 Å². The summed E-state index contributed by atoms with van der Waals surface area (Å²) in [5.41, 5.74) is -0.567. The van der Waals surface area contributed by atoms with E-state index in [0.717, 1.165) is 0 Å². The maximum atomic E-state index is 9.35. The van der Waals surface area contributed by atoms with Crippen molar-refractivity contribution in [1.29, 1.82) is 0 Å². The first-order valence-corrected chi connectivity index (χ1v) is 11.9. The quantitative estimate of drug-likeness (QED) is 0.161. The first-order valence-electron chi connectivity index (χ1n) is 9.61. The molecule has 0 spiro atoms. The molecule has 0 radical (unpaired) electrons. The minimum Gasteiger partial charge on any atom is -0.427 e. The number of hydrogen-bond acceptors (Lipinski definition) is 11. The van der Waals surface area contributed by atoms with E-state index in [-0.39, 0.29) is 0 Å². The van der Waals surface area contributed by atoms with Crippen LogP contribution in [-0.2, 0) is 10.1 Å². The van der Waals surface area contributed by atoms with Gasteiger partial charge in [0.15, 0.2) is 5.79 Å². The van der Waals surface area contributed by atoms with Crippen molar-refractivity contribution in [3.05, 3.63) is 66.2 Å². The molecule has 1 unspecified atom stereocenters. The van der Waals surface area contributed by atoms with E-state index in [0.29, 0.717) is 17.7 Å². The van der Waals surface area contributed by atoms with Crippen molar-refractivity contribution in [2.45, 2.75) is 19.1 Å². The number of aliphatic hydroxyl groups excluding tert-OH is 4. The Balaban J connectivity index is 0.000000475. The lowest BCUT2D eigenvalue weighted by Crippen LogP contribution is -2.37. The van der Waals surface area contributed by atoms with Crippen LogP contribution < -0.4 is 4.52 Å². The summed E-state index contributed by atoms with van der Waals surface area (Å²) in [5.74, 6) is -1.26. The molecule has 188 valence electrons. The SMILES string of the molecule is CCC(O)(O)c1ccccc1.OCC(CO)(CO)CO.OP(O)OP(O)Oc1ccccc1. The third kappa shape index (κ3) is 13.2. The molecule has 0 amide bonds. The van der Waals surface area contributed by atoms with E-state index in [1.807, 2.05) is 6.07 Å². The molecular formula is C20H32O11P2. The lowest BCUT2D eigenvalue weighted by molar-refractivity contribution is -0.171. The Morgan fingerprint density at radius 2 is 1.15 bits per heavy atom. The highest BCUT2D eigenvalue weighted by atomic mass is 31.2. The van der Waals surface area contributed by atoms with Gasteiger partial charge in [0.25, 0.3) is 0 Å². The van der Waals surface area contributed by atoms with E-state index in [2.05, 4.69) is 4.31 Å². The summed E-state index contributed by atoms with van der Waals surface area (Å²) in [4.78, 5) is 25.7. The van der Waals surface area contributed by atoms with Crippen LogP contribution in [0.4, 0.5) is 0 Å². The number of para-hydroxylation sites is 1. The average molecular weight is 510 g/mol. The zero-order valence-electron chi connectivity index (χ0n) is 18.0. The monoisotopic (exact) mass is 510 g/mol. The summed E-state index contributed by atoms with van der Waals surface area (Å²) >= 11 is 0. The normalized spacial score (nSPS) is 12.2. The molecule has 2 aromatic rings. The first-order chi connectivity index (χ1) is 15.6. The van der Waals surface area contributed by atoms with E-state index in [1.54, 1.807) is 61.5 Å². The van der Waals surface area contributed by atoms with Gasteiger partial charge < -0.3 is 49.8 Å². The molecule has 13 heteroatoms. The van der Waals surface area contributed by atoms with Gasteiger partial charge in [0.1, 0.15) is 5.75 Å². The Bertz CT molecular complexity index is 699. The van der Waals surface area contributed by atoms with Crippen LogP contribution in [0.25, 0.3) is 0 Å². The third-order valence-electron chi connectivity index (χ3n) is 4.14. The van der Waals surface area contributed by atoms with Crippen molar-refractivity contribution in [2.75, 3.05) is 26.4 Å². The van der Waals surface area contributed by atoms with Gasteiger partial charge in [0, 0.05) is 12.0 Å². The molecule has 0 aliphatic heterocycles. The van der Waals surface area contributed by atoms with Crippen molar-refractivity contribution < 1.29 is 54.2 Å². The van der Waals surface area contributed by atoms with Gasteiger partial charge in [-0.25, -0.2) is 4.31 Å². The molecule has 11 nitrogen and oxygen atoms in total. The summed E-state index contributed by atoms with van der Waals surface area (Å²) < 4.78 is 9.05. The lowest BCUT2D eigenvalue weighted by atomic mass is 9.93. The number of benzene rings is 2. The molecule has 2 aromatic carbocycles. The maximum absolute atomic E-state index is 9.35. The van der Waals surface area contributed by atoms with E-state index in [1.165, 1.54) is 0 Å². The van der Waals surface area contributed by atoms with Gasteiger partial charge in [-0.05, 0) is 12.1 Å². The molecule has 0 saturated heterocycles. The molecule has 0 aromatic heterocycles. The Morgan fingerprint density at radius 1 is 0.727 bits per heavy atom. The predicted molar refractivity (Wildman–Crippen MR) is 122 cm³/mol. The minimum atomic E-state index is -2.58. The first kappa shape index (κ1) is 31.7. The molecule has 9 N–H and O–H groups in total. The minimum absolute atomic E-state index is 0.303. The fourth-order valence-corrected chi connectivity index (χ4v) is 2.80. The Morgan fingerprint density at radius 3 is 1.48 bits per heavy atom. The highest BCUT2D eigenvalue weighted by Gasteiger charge is 2.26. The fourth-order valence-electron chi connectivity index (χ4n) is 1.86. The highest BCUT2D eigenvalue weighted by molar-refractivity contribution is 7.54. The molecule has 0 bridgehead atoms. The van der Waals surface area contributed by atoms with Crippen LogP contribution in [0.2, 0.25) is 0 Å². The van der Waals surface area contributed by atoms with Crippen LogP contribution in [0, 0.1) is 5.41 Å². The summed E-state index contributed by atoms with van der Waals surface area (Å²) in [6.45, 7) is 0.104. The third-order valence-corrected chi connectivity index (χ3v) is 5.65. The molecule has 33 heavy (non-hydrogen) atoms.